The van der Waals surface area contributed by atoms with Gasteiger partial charge in [-0.3, -0.25) is 9.20 Å². The molecule has 2 aromatic carbocycles. The second kappa shape index (κ2) is 7.98. The lowest BCUT2D eigenvalue weighted by Crippen LogP contribution is -2.48. The molecule has 158 valence electrons. The lowest BCUT2D eigenvalue weighted by molar-refractivity contribution is 0.0750. The van der Waals surface area contributed by atoms with Gasteiger partial charge in [-0.2, -0.15) is 0 Å². The van der Waals surface area contributed by atoms with Gasteiger partial charge in [-0.25, -0.2) is 9.37 Å². The van der Waals surface area contributed by atoms with Gasteiger partial charge in [0.05, 0.1) is 5.69 Å². The molecule has 0 atom stereocenters. The van der Waals surface area contributed by atoms with E-state index in [0.717, 1.165) is 45.7 Å². The van der Waals surface area contributed by atoms with Crippen molar-refractivity contribution in [2.45, 2.75) is 6.92 Å². The van der Waals surface area contributed by atoms with Crippen molar-refractivity contribution in [1.82, 2.24) is 14.3 Å². The monoisotopic (exact) mass is 454 g/mol. The summed E-state index contributed by atoms with van der Waals surface area (Å²) < 4.78 is 15.1. The molecule has 1 amide bonds. The van der Waals surface area contributed by atoms with Crippen LogP contribution in [0.5, 0.6) is 0 Å². The van der Waals surface area contributed by atoms with Crippen molar-refractivity contribution in [1.29, 1.82) is 0 Å². The average Bonchev–Trinajstić information content (AvgIpc) is 3.34. The van der Waals surface area contributed by atoms with Crippen LogP contribution in [0.25, 0.3) is 16.2 Å². The van der Waals surface area contributed by atoms with E-state index < -0.39 is 0 Å². The lowest BCUT2D eigenvalue weighted by atomic mass is 10.2. The maximum Gasteiger partial charge on any atom is 0.265 e. The second-order valence-corrected chi connectivity index (χ2v) is 8.97. The normalized spacial score (nSPS) is 14.4. The van der Waals surface area contributed by atoms with Crippen molar-refractivity contribution in [3.8, 4) is 11.3 Å². The first-order valence-corrected chi connectivity index (χ1v) is 11.2. The number of fused-ring (bicyclic) bond motifs is 1. The number of anilines is 1. The van der Waals surface area contributed by atoms with Gasteiger partial charge in [0.1, 0.15) is 10.7 Å². The molecule has 5 rings (SSSR count). The van der Waals surface area contributed by atoms with Crippen LogP contribution in [0.3, 0.4) is 0 Å². The summed E-state index contributed by atoms with van der Waals surface area (Å²) >= 11 is 7.38. The Balaban J connectivity index is 1.32. The number of hydrogen-bond acceptors (Lipinski definition) is 4. The number of rotatable bonds is 3. The molecule has 1 aliphatic rings. The predicted octanol–water partition coefficient (Wildman–Crippen LogP) is 5.13. The molecule has 5 nitrogen and oxygen atoms in total. The number of halogens is 2. The second-order valence-electron chi connectivity index (χ2n) is 7.56. The molecule has 3 heterocycles. The number of thiazole rings is 1. The fourth-order valence-corrected chi connectivity index (χ4v) is 5.07. The van der Waals surface area contributed by atoms with Gasteiger partial charge < -0.3 is 9.80 Å². The number of amides is 1. The molecule has 0 saturated carbocycles. The van der Waals surface area contributed by atoms with Crippen LogP contribution in [0.1, 0.15) is 15.4 Å². The molecule has 31 heavy (non-hydrogen) atoms. The summed E-state index contributed by atoms with van der Waals surface area (Å²) in [6.07, 6.45) is 1.91. The number of carbonyl (C=O) groups excluding carboxylic acids is 1. The van der Waals surface area contributed by atoms with Crippen LogP contribution in [0, 0.1) is 12.7 Å². The number of aryl methyl sites for hydroxylation is 1. The molecule has 8 heteroatoms. The summed E-state index contributed by atoms with van der Waals surface area (Å²) in [5, 5.41) is 0.721. The van der Waals surface area contributed by atoms with Crippen molar-refractivity contribution in [3.05, 3.63) is 76.1 Å². The molecule has 0 radical (unpaired) electrons. The van der Waals surface area contributed by atoms with E-state index in [1.807, 2.05) is 46.7 Å². The number of benzene rings is 2. The Hall–Kier alpha value is -2.90. The number of nitrogens with zero attached hydrogens (tertiary/aromatic N) is 4. The van der Waals surface area contributed by atoms with Crippen molar-refractivity contribution in [2.24, 2.45) is 0 Å². The maximum atomic E-state index is 13.2. The van der Waals surface area contributed by atoms with Gasteiger partial charge in [0.2, 0.25) is 0 Å². The average molecular weight is 455 g/mol. The van der Waals surface area contributed by atoms with Crippen molar-refractivity contribution >= 4 is 39.5 Å². The third-order valence-electron chi connectivity index (χ3n) is 5.65. The Labute approximate surface area is 188 Å². The molecule has 4 aromatic rings. The highest BCUT2D eigenvalue weighted by atomic mass is 35.5. The Morgan fingerprint density at radius 1 is 1.03 bits per heavy atom. The Morgan fingerprint density at radius 2 is 1.71 bits per heavy atom. The van der Waals surface area contributed by atoms with E-state index in [0.29, 0.717) is 18.0 Å². The SMILES string of the molecule is Cc1c(C(=O)N2CCN(c3ccc(Cl)cc3)CC2)sc2nc(-c3ccc(F)cc3)cn12. The molecule has 2 aromatic heterocycles. The van der Waals surface area contributed by atoms with Crippen LogP contribution in [-0.2, 0) is 0 Å². The van der Waals surface area contributed by atoms with Crippen molar-refractivity contribution in [2.75, 3.05) is 31.1 Å². The van der Waals surface area contributed by atoms with Gasteiger partial charge in [0.15, 0.2) is 4.96 Å². The van der Waals surface area contributed by atoms with Gasteiger partial charge in [0, 0.05) is 54.3 Å². The standard InChI is InChI=1S/C23H20ClFN4OS/c1-15-21(31-23-26-20(14-29(15)23)16-2-6-18(25)7-3-16)22(30)28-12-10-27(11-13-28)19-8-4-17(24)5-9-19/h2-9,14H,10-13H2,1H3. The zero-order valence-electron chi connectivity index (χ0n) is 16.9. The van der Waals surface area contributed by atoms with E-state index >= 15 is 0 Å². The molecule has 0 unspecified atom stereocenters. The van der Waals surface area contributed by atoms with E-state index in [2.05, 4.69) is 9.88 Å². The van der Waals surface area contributed by atoms with Gasteiger partial charge >= 0.3 is 0 Å². The molecule has 1 saturated heterocycles. The molecule has 1 aliphatic heterocycles. The van der Waals surface area contributed by atoms with E-state index in [9.17, 15) is 9.18 Å². The van der Waals surface area contributed by atoms with Crippen LogP contribution in [-0.4, -0.2) is 46.4 Å². The number of imidazole rings is 1. The Morgan fingerprint density at radius 3 is 2.35 bits per heavy atom. The van der Waals surface area contributed by atoms with E-state index in [1.165, 1.54) is 23.5 Å². The minimum atomic E-state index is -0.273. The predicted molar refractivity (Wildman–Crippen MR) is 123 cm³/mol. The minimum Gasteiger partial charge on any atom is -0.368 e. The van der Waals surface area contributed by atoms with Gasteiger partial charge in [-0.15, -0.1) is 0 Å². The van der Waals surface area contributed by atoms with E-state index in [4.69, 9.17) is 11.6 Å². The van der Waals surface area contributed by atoms with Gasteiger partial charge in [-0.05, 0) is 55.5 Å². The largest absolute Gasteiger partial charge is 0.368 e. The van der Waals surface area contributed by atoms with Crippen molar-refractivity contribution in [3.63, 3.8) is 0 Å². The lowest BCUT2D eigenvalue weighted by Gasteiger charge is -2.36. The molecule has 0 N–H and O–H groups in total. The summed E-state index contributed by atoms with van der Waals surface area (Å²) in [6.45, 7) is 4.84. The molecule has 0 aliphatic carbocycles. The van der Waals surface area contributed by atoms with Gasteiger partial charge in [0.25, 0.3) is 5.91 Å². The minimum absolute atomic E-state index is 0.0482. The quantitative estimate of drug-likeness (QED) is 0.431. The van der Waals surface area contributed by atoms with Crippen LogP contribution in [0.2, 0.25) is 5.02 Å². The molecular formula is C23H20ClFN4OS. The summed E-state index contributed by atoms with van der Waals surface area (Å²) in [7, 11) is 0. The highest BCUT2D eigenvalue weighted by Crippen LogP contribution is 2.29. The summed E-state index contributed by atoms with van der Waals surface area (Å²) in [5.74, 6) is -0.225. The smallest absolute Gasteiger partial charge is 0.265 e. The molecule has 0 spiro atoms. The maximum absolute atomic E-state index is 13.2. The highest BCUT2D eigenvalue weighted by molar-refractivity contribution is 7.19. The third-order valence-corrected chi connectivity index (χ3v) is 7.05. The molecule has 1 fully saturated rings. The highest BCUT2D eigenvalue weighted by Gasteiger charge is 2.26. The first kappa shape index (κ1) is 20.0. The Kier molecular flexibility index (Phi) is 5.16. The molecule has 0 bridgehead atoms. The first-order chi connectivity index (χ1) is 15.0. The zero-order chi connectivity index (χ0) is 21.5. The van der Waals surface area contributed by atoms with Crippen LogP contribution in [0.15, 0.2) is 54.7 Å². The van der Waals surface area contributed by atoms with Crippen LogP contribution >= 0.6 is 22.9 Å². The molecular weight excluding hydrogens is 435 g/mol. The Bertz CT molecular complexity index is 1240. The summed E-state index contributed by atoms with van der Waals surface area (Å²) in [6, 6.07) is 14.1. The number of hydrogen-bond donors (Lipinski definition) is 0. The zero-order valence-corrected chi connectivity index (χ0v) is 18.5. The van der Waals surface area contributed by atoms with Gasteiger partial charge in [-0.1, -0.05) is 22.9 Å². The number of aromatic nitrogens is 2. The fraction of sp³-hybridized carbons (Fsp3) is 0.217. The van der Waals surface area contributed by atoms with E-state index in [-0.39, 0.29) is 11.7 Å². The third kappa shape index (κ3) is 3.79. The fourth-order valence-electron chi connectivity index (χ4n) is 3.87. The van der Waals surface area contributed by atoms with Crippen molar-refractivity contribution < 1.29 is 9.18 Å². The van der Waals surface area contributed by atoms with Crippen LogP contribution in [0.4, 0.5) is 10.1 Å². The van der Waals surface area contributed by atoms with E-state index in [1.54, 1.807) is 12.1 Å². The summed E-state index contributed by atoms with van der Waals surface area (Å²) in [4.78, 5) is 23.5. The number of piperazine rings is 1. The van der Waals surface area contributed by atoms with Crippen LogP contribution < -0.4 is 4.90 Å². The number of carbonyl (C=O) groups is 1. The summed E-state index contributed by atoms with van der Waals surface area (Å²) in [5.41, 5.74) is 3.62. The topological polar surface area (TPSA) is 40.9 Å². The first-order valence-electron chi connectivity index (χ1n) is 10.0.